The summed E-state index contributed by atoms with van der Waals surface area (Å²) in [5, 5.41) is 16.7. The van der Waals surface area contributed by atoms with Gasteiger partial charge in [-0.1, -0.05) is 11.6 Å². The van der Waals surface area contributed by atoms with Crippen molar-refractivity contribution in [2.45, 2.75) is 6.43 Å². The molecule has 0 saturated heterocycles. The van der Waals surface area contributed by atoms with Crippen LogP contribution in [0.4, 0.5) is 8.78 Å². The highest BCUT2D eigenvalue weighted by Gasteiger charge is 2.23. The van der Waals surface area contributed by atoms with Crippen molar-refractivity contribution >= 4 is 17.6 Å². The van der Waals surface area contributed by atoms with E-state index < -0.39 is 34.4 Å². The monoisotopic (exact) mass is 223 g/mol. The van der Waals surface area contributed by atoms with Gasteiger partial charge in [-0.25, -0.2) is 18.6 Å². The minimum absolute atomic E-state index is 0.622. The molecule has 0 bridgehead atoms. The lowest BCUT2D eigenvalue weighted by molar-refractivity contribution is 0.0690. The number of aromatic carboxylic acids is 1. The quantitative estimate of drug-likeness (QED) is 0.805. The second kappa shape index (κ2) is 3.75. The number of carboxylic acids is 1. The molecule has 4 nitrogen and oxygen atoms in total. The first-order chi connectivity index (χ1) is 6.45. The SMILES string of the molecule is O=C(O)c1ncc(O)c(C(F)F)c1Cl. The fraction of sp³-hybridized carbons (Fsp3) is 0.143. The molecule has 0 spiro atoms. The summed E-state index contributed by atoms with van der Waals surface area (Å²) in [7, 11) is 0. The van der Waals surface area contributed by atoms with Gasteiger partial charge in [0, 0.05) is 0 Å². The Morgan fingerprint density at radius 3 is 2.57 bits per heavy atom. The van der Waals surface area contributed by atoms with E-state index in [0.717, 1.165) is 0 Å². The number of aromatic hydroxyl groups is 1. The third-order valence-electron chi connectivity index (χ3n) is 1.46. The molecule has 76 valence electrons. The van der Waals surface area contributed by atoms with Gasteiger partial charge in [0.05, 0.1) is 16.8 Å². The van der Waals surface area contributed by atoms with Gasteiger partial charge in [0.2, 0.25) is 0 Å². The number of carboxylic acid groups (broad SMARTS) is 1. The van der Waals surface area contributed by atoms with E-state index in [-0.39, 0.29) is 0 Å². The standard InChI is InChI=1S/C7H4ClF2NO3/c8-4-3(6(9)10)2(12)1-11-5(4)7(13)14/h1,6,12H,(H,13,14). The zero-order valence-corrected chi connectivity index (χ0v) is 7.29. The number of pyridine rings is 1. The molecule has 1 rings (SSSR count). The van der Waals surface area contributed by atoms with Crippen molar-refractivity contribution in [2.24, 2.45) is 0 Å². The van der Waals surface area contributed by atoms with Crippen LogP contribution in [-0.4, -0.2) is 21.2 Å². The molecule has 0 unspecified atom stereocenters. The Morgan fingerprint density at radius 1 is 1.57 bits per heavy atom. The molecule has 1 heterocycles. The van der Waals surface area contributed by atoms with E-state index in [1.807, 2.05) is 0 Å². The van der Waals surface area contributed by atoms with Crippen molar-refractivity contribution in [3.8, 4) is 5.75 Å². The summed E-state index contributed by atoms with van der Waals surface area (Å²) in [4.78, 5) is 13.6. The van der Waals surface area contributed by atoms with Crippen molar-refractivity contribution in [1.29, 1.82) is 0 Å². The van der Waals surface area contributed by atoms with Crippen molar-refractivity contribution < 1.29 is 23.8 Å². The Morgan fingerprint density at radius 2 is 2.14 bits per heavy atom. The molecule has 0 aliphatic heterocycles. The zero-order chi connectivity index (χ0) is 10.9. The van der Waals surface area contributed by atoms with E-state index in [9.17, 15) is 13.6 Å². The topological polar surface area (TPSA) is 70.4 Å². The second-order valence-electron chi connectivity index (χ2n) is 2.33. The smallest absolute Gasteiger partial charge is 0.356 e. The van der Waals surface area contributed by atoms with Crippen LogP contribution in [0.1, 0.15) is 22.5 Å². The summed E-state index contributed by atoms with van der Waals surface area (Å²) >= 11 is 5.32. The molecule has 0 aromatic carbocycles. The Kier molecular flexibility index (Phi) is 2.85. The van der Waals surface area contributed by atoms with Crippen LogP contribution in [0.5, 0.6) is 5.75 Å². The molecule has 0 saturated carbocycles. The van der Waals surface area contributed by atoms with E-state index in [1.54, 1.807) is 0 Å². The molecule has 7 heteroatoms. The van der Waals surface area contributed by atoms with Crippen LogP contribution in [0.3, 0.4) is 0 Å². The highest BCUT2D eigenvalue weighted by molar-refractivity contribution is 6.34. The van der Waals surface area contributed by atoms with Crippen LogP contribution < -0.4 is 0 Å². The summed E-state index contributed by atoms with van der Waals surface area (Å²) in [6, 6.07) is 0. The molecular weight excluding hydrogens is 220 g/mol. The van der Waals surface area contributed by atoms with E-state index >= 15 is 0 Å². The second-order valence-corrected chi connectivity index (χ2v) is 2.70. The van der Waals surface area contributed by atoms with E-state index in [2.05, 4.69) is 4.98 Å². The Bertz CT molecular complexity index is 383. The van der Waals surface area contributed by atoms with Crippen LogP contribution in [0.15, 0.2) is 6.20 Å². The number of carbonyl (C=O) groups is 1. The van der Waals surface area contributed by atoms with E-state index in [1.165, 1.54) is 0 Å². The lowest BCUT2D eigenvalue weighted by Crippen LogP contribution is -2.04. The zero-order valence-electron chi connectivity index (χ0n) is 6.54. The summed E-state index contributed by atoms with van der Waals surface area (Å²) in [6.07, 6.45) is -2.43. The molecule has 0 aliphatic carbocycles. The fourth-order valence-corrected chi connectivity index (χ4v) is 1.16. The van der Waals surface area contributed by atoms with Crippen LogP contribution in [0, 0.1) is 0 Å². The number of hydrogen-bond acceptors (Lipinski definition) is 3. The number of aromatic nitrogens is 1. The predicted molar refractivity (Wildman–Crippen MR) is 42.8 cm³/mol. The molecular formula is C7H4ClF2NO3. The van der Waals surface area contributed by atoms with Gasteiger partial charge >= 0.3 is 5.97 Å². The molecule has 0 fully saturated rings. The van der Waals surface area contributed by atoms with Crippen LogP contribution in [0.25, 0.3) is 0 Å². The number of nitrogens with zero attached hydrogens (tertiary/aromatic N) is 1. The maximum absolute atomic E-state index is 12.3. The third-order valence-corrected chi connectivity index (χ3v) is 1.84. The summed E-state index contributed by atoms with van der Waals surface area (Å²) in [5.41, 5.74) is -1.63. The van der Waals surface area contributed by atoms with E-state index in [0.29, 0.717) is 6.20 Å². The first kappa shape index (κ1) is 10.6. The summed E-state index contributed by atoms with van der Waals surface area (Å²) < 4.78 is 24.5. The lowest BCUT2D eigenvalue weighted by atomic mass is 10.2. The summed E-state index contributed by atoms with van der Waals surface area (Å²) in [6.45, 7) is 0. The van der Waals surface area contributed by atoms with Gasteiger partial charge in [-0.2, -0.15) is 0 Å². The third kappa shape index (κ3) is 1.74. The largest absolute Gasteiger partial charge is 0.506 e. The van der Waals surface area contributed by atoms with Gasteiger partial charge in [0.15, 0.2) is 5.69 Å². The number of halogens is 3. The Labute approximate surface area is 81.8 Å². The molecule has 1 aromatic rings. The Balaban J connectivity index is 3.41. The highest BCUT2D eigenvalue weighted by atomic mass is 35.5. The molecule has 2 N–H and O–H groups in total. The van der Waals surface area contributed by atoms with E-state index in [4.69, 9.17) is 21.8 Å². The molecule has 0 aliphatic rings. The van der Waals surface area contributed by atoms with Crippen molar-refractivity contribution in [3.05, 3.63) is 22.5 Å². The first-order valence-electron chi connectivity index (χ1n) is 3.34. The highest BCUT2D eigenvalue weighted by Crippen LogP contribution is 2.35. The lowest BCUT2D eigenvalue weighted by Gasteiger charge is -2.06. The molecule has 0 atom stereocenters. The average Bonchev–Trinajstić information content (AvgIpc) is 2.02. The molecule has 14 heavy (non-hydrogen) atoms. The van der Waals surface area contributed by atoms with Crippen molar-refractivity contribution in [1.82, 2.24) is 4.98 Å². The molecule has 0 radical (unpaired) electrons. The minimum atomic E-state index is -3.05. The Hall–Kier alpha value is -1.43. The maximum Gasteiger partial charge on any atom is 0.356 e. The maximum atomic E-state index is 12.3. The summed E-state index contributed by atoms with van der Waals surface area (Å²) in [5.74, 6) is -2.35. The van der Waals surface area contributed by atoms with Gasteiger partial charge in [0.1, 0.15) is 5.75 Å². The minimum Gasteiger partial charge on any atom is -0.506 e. The predicted octanol–water partition coefficient (Wildman–Crippen LogP) is 2.08. The van der Waals surface area contributed by atoms with Gasteiger partial charge in [-0.05, 0) is 0 Å². The van der Waals surface area contributed by atoms with Gasteiger partial charge in [0.25, 0.3) is 6.43 Å². The van der Waals surface area contributed by atoms with Gasteiger partial charge in [-0.3, -0.25) is 0 Å². The number of rotatable bonds is 2. The van der Waals surface area contributed by atoms with Crippen LogP contribution in [-0.2, 0) is 0 Å². The molecule has 0 amide bonds. The van der Waals surface area contributed by atoms with Crippen LogP contribution >= 0.6 is 11.6 Å². The van der Waals surface area contributed by atoms with Gasteiger partial charge < -0.3 is 10.2 Å². The number of alkyl halides is 2. The van der Waals surface area contributed by atoms with Gasteiger partial charge in [-0.15, -0.1) is 0 Å². The molecule has 1 aromatic heterocycles. The van der Waals surface area contributed by atoms with Crippen molar-refractivity contribution in [3.63, 3.8) is 0 Å². The van der Waals surface area contributed by atoms with Crippen molar-refractivity contribution in [2.75, 3.05) is 0 Å². The average molecular weight is 224 g/mol. The number of hydrogen-bond donors (Lipinski definition) is 2. The normalized spacial score (nSPS) is 10.6. The fourth-order valence-electron chi connectivity index (χ4n) is 0.849. The first-order valence-corrected chi connectivity index (χ1v) is 3.71. The van der Waals surface area contributed by atoms with Crippen LogP contribution in [0.2, 0.25) is 5.02 Å².